The molecule has 2 atom stereocenters. The Bertz CT molecular complexity index is 1190. The molecule has 1 fully saturated rings. The average molecular weight is 582 g/mol. The maximum atomic E-state index is 13.3. The summed E-state index contributed by atoms with van der Waals surface area (Å²) in [5, 5.41) is 15.1. The van der Waals surface area contributed by atoms with E-state index in [1.54, 1.807) is 0 Å². The molecular formula is C22H20BrN3O7S2. The zero-order chi connectivity index (χ0) is 25.2. The first-order valence-corrected chi connectivity index (χ1v) is 13.4. The molecule has 1 aromatic heterocycles. The molecule has 13 heteroatoms. The van der Waals surface area contributed by atoms with Gasteiger partial charge in [-0.15, -0.1) is 23.1 Å². The normalized spacial score (nSPS) is 21.3. The van der Waals surface area contributed by atoms with Gasteiger partial charge in [-0.1, -0.05) is 22.0 Å². The molecule has 1 saturated heterocycles. The van der Waals surface area contributed by atoms with Crippen LogP contribution in [0, 0.1) is 10.1 Å². The monoisotopic (exact) mass is 581 g/mol. The van der Waals surface area contributed by atoms with Gasteiger partial charge in [-0.2, -0.15) is 0 Å². The number of halogens is 1. The van der Waals surface area contributed by atoms with Gasteiger partial charge < -0.3 is 14.8 Å². The van der Waals surface area contributed by atoms with Crippen molar-refractivity contribution in [3.8, 4) is 0 Å². The highest BCUT2D eigenvalue weighted by Gasteiger charge is 2.66. The number of carbonyl (C=O) groups excluding carboxylic acids is 3. The first kappa shape index (κ1) is 25.4. The molecule has 2 aromatic rings. The minimum Gasteiger partial charge on any atom is -0.456 e. The molecule has 0 bridgehead atoms. The third-order valence-corrected chi connectivity index (χ3v) is 8.47. The number of benzene rings is 1. The number of nitro benzene ring substituents is 1. The Hall–Kier alpha value is -2.74. The number of nitrogens with one attached hydrogen (secondary N) is 1. The van der Waals surface area contributed by atoms with Crippen LogP contribution in [-0.4, -0.2) is 56.9 Å². The van der Waals surface area contributed by atoms with Crippen molar-refractivity contribution in [1.82, 2.24) is 10.2 Å². The number of thioether (sulfide) groups is 1. The Kier molecular flexibility index (Phi) is 7.59. The molecule has 10 nitrogen and oxygen atoms in total. The molecule has 0 radical (unpaired) electrons. The lowest BCUT2D eigenvalue weighted by atomic mass is 9.98. The highest BCUT2D eigenvalue weighted by molar-refractivity contribution is 9.09. The molecule has 1 unspecified atom stereocenters. The quantitative estimate of drug-likeness (QED) is 0.119. The minimum absolute atomic E-state index is 0.0697. The Morgan fingerprint density at radius 3 is 2.66 bits per heavy atom. The molecule has 3 heterocycles. The number of carbonyl (C=O) groups is 3. The van der Waals surface area contributed by atoms with Gasteiger partial charge in [0, 0.05) is 35.2 Å². The zero-order valence-electron chi connectivity index (χ0n) is 18.4. The van der Waals surface area contributed by atoms with Crippen molar-refractivity contribution < 1.29 is 28.8 Å². The Labute approximate surface area is 216 Å². The fourth-order valence-corrected chi connectivity index (χ4v) is 6.66. The van der Waals surface area contributed by atoms with Crippen LogP contribution in [0.4, 0.5) is 5.69 Å². The summed E-state index contributed by atoms with van der Waals surface area (Å²) >= 11 is 6.18. The van der Waals surface area contributed by atoms with E-state index in [1.807, 2.05) is 17.5 Å². The smallest absolute Gasteiger partial charge is 0.355 e. The van der Waals surface area contributed by atoms with Crippen LogP contribution in [0.25, 0.3) is 0 Å². The fourth-order valence-electron chi connectivity index (χ4n) is 3.79. The number of esters is 1. The molecule has 1 N–H and O–H groups in total. The van der Waals surface area contributed by atoms with E-state index in [9.17, 15) is 24.5 Å². The van der Waals surface area contributed by atoms with Crippen molar-refractivity contribution in [2.45, 2.75) is 24.1 Å². The molecule has 35 heavy (non-hydrogen) atoms. The summed E-state index contributed by atoms with van der Waals surface area (Å²) in [7, 11) is 1.34. The number of β-lactam (4-membered cyclic amide) rings is 1. The number of amides is 2. The third kappa shape index (κ3) is 4.85. The first-order chi connectivity index (χ1) is 16.8. The van der Waals surface area contributed by atoms with Gasteiger partial charge in [0.25, 0.3) is 17.3 Å². The third-order valence-electron chi connectivity index (χ3n) is 5.54. The van der Waals surface area contributed by atoms with Gasteiger partial charge in [0.05, 0.1) is 11.3 Å². The molecule has 0 spiro atoms. The molecule has 4 rings (SSSR count). The molecule has 2 aliphatic heterocycles. The number of alkyl halides is 1. The van der Waals surface area contributed by atoms with Crippen LogP contribution in [0.2, 0.25) is 0 Å². The summed E-state index contributed by atoms with van der Waals surface area (Å²) in [5.74, 6) is -1.20. The number of rotatable bonds is 9. The SMILES string of the molecule is COC1(NC(=O)Cc2cccs2)C(=O)N2C(C(=O)OCc3ccc([N+](=O)[O-])cc3)=C(CBr)CS[C@H]21. The van der Waals surface area contributed by atoms with Crippen LogP contribution in [0.3, 0.4) is 0 Å². The average Bonchev–Trinajstić information content (AvgIpc) is 3.37. The highest BCUT2D eigenvalue weighted by Crippen LogP contribution is 2.47. The number of thiophene rings is 1. The molecule has 1 aromatic carbocycles. The van der Waals surface area contributed by atoms with Crippen molar-refractivity contribution in [2.75, 3.05) is 18.2 Å². The van der Waals surface area contributed by atoms with E-state index < -0.39 is 27.9 Å². The van der Waals surface area contributed by atoms with E-state index in [-0.39, 0.29) is 30.3 Å². The van der Waals surface area contributed by atoms with E-state index in [4.69, 9.17) is 9.47 Å². The van der Waals surface area contributed by atoms with Crippen LogP contribution in [-0.2, 0) is 36.9 Å². The van der Waals surface area contributed by atoms with Gasteiger partial charge in [-0.25, -0.2) is 4.79 Å². The number of hydrogen-bond acceptors (Lipinski definition) is 9. The standard InChI is InChI=1S/C22H20BrN3O7S2/c1-32-22(24-17(27)9-16-3-2-8-34-16)20(29)25-18(14(10-23)12-35-21(22)25)19(28)33-11-13-4-6-15(7-5-13)26(30)31/h2-8,21H,9-12H2,1H3,(H,24,27)/t21-,22?/m0/s1. The summed E-state index contributed by atoms with van der Waals surface area (Å²) < 4.78 is 11.0. The lowest BCUT2D eigenvalue weighted by Gasteiger charge is -2.56. The van der Waals surface area contributed by atoms with E-state index in [2.05, 4.69) is 21.2 Å². The van der Waals surface area contributed by atoms with Crippen LogP contribution in [0.5, 0.6) is 0 Å². The number of ether oxygens (including phenoxy) is 2. The van der Waals surface area contributed by atoms with Crippen molar-refractivity contribution >= 4 is 62.5 Å². The van der Waals surface area contributed by atoms with Crippen LogP contribution >= 0.6 is 39.0 Å². The van der Waals surface area contributed by atoms with Gasteiger partial charge in [0.2, 0.25) is 5.91 Å². The van der Waals surface area contributed by atoms with Gasteiger partial charge in [-0.3, -0.25) is 24.6 Å². The number of nitro groups is 1. The summed E-state index contributed by atoms with van der Waals surface area (Å²) in [6, 6.07) is 9.32. The van der Waals surface area contributed by atoms with Gasteiger partial charge in [-0.05, 0) is 34.7 Å². The number of hydrogen-bond donors (Lipinski definition) is 1. The predicted octanol–water partition coefficient (Wildman–Crippen LogP) is 2.97. The topological polar surface area (TPSA) is 128 Å². The number of nitrogens with zero attached hydrogens (tertiary/aromatic N) is 2. The van der Waals surface area contributed by atoms with Crippen molar-refractivity contribution in [3.05, 3.63) is 73.6 Å². The zero-order valence-corrected chi connectivity index (χ0v) is 21.6. The highest BCUT2D eigenvalue weighted by atomic mass is 79.9. The van der Waals surface area contributed by atoms with Gasteiger partial charge in [0.1, 0.15) is 17.7 Å². The van der Waals surface area contributed by atoms with Gasteiger partial charge >= 0.3 is 5.97 Å². The maximum Gasteiger partial charge on any atom is 0.355 e. The maximum absolute atomic E-state index is 13.3. The molecule has 2 aliphatic rings. The minimum atomic E-state index is -1.58. The Balaban J connectivity index is 1.48. The second-order valence-electron chi connectivity index (χ2n) is 7.67. The molecule has 184 valence electrons. The summed E-state index contributed by atoms with van der Waals surface area (Å²) in [5.41, 5.74) is -0.310. The van der Waals surface area contributed by atoms with E-state index in [0.717, 1.165) is 4.88 Å². The largest absolute Gasteiger partial charge is 0.456 e. The summed E-state index contributed by atoms with van der Waals surface area (Å²) in [6.45, 7) is -0.122. The van der Waals surface area contributed by atoms with Crippen molar-refractivity contribution in [2.24, 2.45) is 0 Å². The molecular weight excluding hydrogens is 562 g/mol. The lowest BCUT2D eigenvalue weighted by molar-refractivity contribution is -0.384. The molecule has 2 amide bonds. The summed E-state index contributed by atoms with van der Waals surface area (Å²) in [6.07, 6.45) is 0.111. The van der Waals surface area contributed by atoms with Crippen molar-refractivity contribution in [1.29, 1.82) is 0 Å². The number of methoxy groups -OCH3 is 1. The number of non-ortho nitro benzene ring substituents is 1. The summed E-state index contributed by atoms with van der Waals surface area (Å²) in [4.78, 5) is 51.4. The van der Waals surface area contributed by atoms with Crippen LogP contribution in [0.15, 0.2) is 53.0 Å². The van der Waals surface area contributed by atoms with E-state index >= 15 is 0 Å². The van der Waals surface area contributed by atoms with Crippen LogP contribution < -0.4 is 5.32 Å². The van der Waals surface area contributed by atoms with E-state index in [1.165, 1.54) is 59.4 Å². The predicted molar refractivity (Wildman–Crippen MR) is 133 cm³/mol. The Morgan fingerprint density at radius 2 is 2.06 bits per heavy atom. The van der Waals surface area contributed by atoms with Crippen LogP contribution in [0.1, 0.15) is 10.4 Å². The molecule has 0 saturated carbocycles. The van der Waals surface area contributed by atoms with Gasteiger partial charge in [0.15, 0.2) is 0 Å². The Morgan fingerprint density at radius 1 is 1.31 bits per heavy atom. The second-order valence-corrected chi connectivity index (χ2v) is 10.3. The second kappa shape index (κ2) is 10.5. The fraction of sp³-hybridized carbons (Fsp3) is 0.318. The lowest BCUT2D eigenvalue weighted by Crippen LogP contribution is -2.80. The first-order valence-electron chi connectivity index (χ1n) is 10.3. The van der Waals surface area contributed by atoms with E-state index in [0.29, 0.717) is 22.2 Å². The van der Waals surface area contributed by atoms with Crippen molar-refractivity contribution in [3.63, 3.8) is 0 Å². The molecule has 0 aliphatic carbocycles. The number of fused-ring (bicyclic) bond motifs is 1.